The van der Waals surface area contributed by atoms with Crippen LogP contribution in [0.3, 0.4) is 0 Å². The minimum Gasteiger partial charge on any atom is -0.450 e. The highest BCUT2D eigenvalue weighted by Crippen LogP contribution is 2.25. The lowest BCUT2D eigenvalue weighted by Gasteiger charge is -2.20. The van der Waals surface area contributed by atoms with Crippen molar-refractivity contribution in [3.05, 3.63) is 112 Å². The second-order valence-electron chi connectivity index (χ2n) is 7.28. The summed E-state index contributed by atoms with van der Waals surface area (Å²) in [5.74, 6) is 0. The summed E-state index contributed by atoms with van der Waals surface area (Å²) in [5, 5.41) is 7.01. The Morgan fingerprint density at radius 3 is 2.22 bits per heavy atom. The molecule has 32 heavy (non-hydrogen) atoms. The van der Waals surface area contributed by atoms with E-state index in [1.54, 1.807) is 19.1 Å². The van der Waals surface area contributed by atoms with Crippen molar-refractivity contribution >= 4 is 22.7 Å². The SMILES string of the molecule is CCOC(=O)Nc1ccc2c(CNC(c3ccccc3)c3ccccc3)cc(=O)oc2c1. The predicted molar refractivity (Wildman–Crippen MR) is 125 cm³/mol. The number of hydrogen-bond acceptors (Lipinski definition) is 5. The number of nitrogens with one attached hydrogen (secondary N) is 2. The molecule has 0 spiro atoms. The maximum atomic E-state index is 12.2. The van der Waals surface area contributed by atoms with Crippen molar-refractivity contribution < 1.29 is 13.9 Å². The number of amides is 1. The van der Waals surface area contributed by atoms with Crippen LogP contribution in [0.2, 0.25) is 0 Å². The maximum Gasteiger partial charge on any atom is 0.411 e. The summed E-state index contributed by atoms with van der Waals surface area (Å²) in [7, 11) is 0. The summed E-state index contributed by atoms with van der Waals surface area (Å²) >= 11 is 0. The van der Waals surface area contributed by atoms with Crippen LogP contribution in [0.5, 0.6) is 0 Å². The number of anilines is 1. The largest absolute Gasteiger partial charge is 0.450 e. The van der Waals surface area contributed by atoms with Crippen molar-refractivity contribution in [1.29, 1.82) is 0 Å². The van der Waals surface area contributed by atoms with Crippen molar-refractivity contribution in [1.82, 2.24) is 5.32 Å². The number of carbonyl (C=O) groups is 1. The Hall–Kier alpha value is -3.90. The third kappa shape index (κ3) is 5.04. The molecule has 1 aromatic heterocycles. The van der Waals surface area contributed by atoms with Gasteiger partial charge >= 0.3 is 11.7 Å². The van der Waals surface area contributed by atoms with Crippen LogP contribution in [-0.2, 0) is 11.3 Å². The fourth-order valence-corrected chi connectivity index (χ4v) is 3.67. The minimum absolute atomic E-state index is 0.0375. The van der Waals surface area contributed by atoms with Gasteiger partial charge in [0.15, 0.2) is 0 Å². The van der Waals surface area contributed by atoms with Crippen LogP contribution in [0.15, 0.2) is 94.1 Å². The lowest BCUT2D eigenvalue weighted by Crippen LogP contribution is -2.22. The molecule has 0 fully saturated rings. The Labute approximate surface area is 185 Å². The molecule has 6 heteroatoms. The highest BCUT2D eigenvalue weighted by molar-refractivity contribution is 5.89. The molecule has 2 N–H and O–H groups in total. The van der Waals surface area contributed by atoms with E-state index in [-0.39, 0.29) is 12.6 Å². The minimum atomic E-state index is -0.555. The number of ether oxygens (including phenoxy) is 1. The molecule has 0 atom stereocenters. The van der Waals surface area contributed by atoms with E-state index in [4.69, 9.17) is 9.15 Å². The number of hydrogen-bond donors (Lipinski definition) is 2. The van der Waals surface area contributed by atoms with Crippen LogP contribution in [0.4, 0.5) is 10.5 Å². The molecule has 1 amide bonds. The van der Waals surface area contributed by atoms with Crippen LogP contribution in [0.1, 0.15) is 29.7 Å². The summed E-state index contributed by atoms with van der Waals surface area (Å²) in [6, 6.07) is 27.0. The van der Waals surface area contributed by atoms with E-state index in [2.05, 4.69) is 34.9 Å². The molecule has 0 unspecified atom stereocenters. The standard InChI is InChI=1S/C26H24N2O4/c1-2-31-26(30)28-21-13-14-22-20(15-24(29)32-23(22)16-21)17-27-25(18-9-5-3-6-10-18)19-11-7-4-8-12-19/h3-16,25,27H,2,17H2,1H3,(H,28,30). The van der Waals surface area contributed by atoms with E-state index in [0.717, 1.165) is 22.1 Å². The Morgan fingerprint density at radius 2 is 1.59 bits per heavy atom. The average molecular weight is 428 g/mol. The fraction of sp³-hybridized carbons (Fsp3) is 0.154. The predicted octanol–water partition coefficient (Wildman–Crippen LogP) is 5.24. The van der Waals surface area contributed by atoms with Crippen LogP contribution >= 0.6 is 0 Å². The molecule has 4 rings (SSSR count). The highest BCUT2D eigenvalue weighted by atomic mass is 16.5. The molecule has 1 heterocycles. The van der Waals surface area contributed by atoms with Gasteiger partial charge in [-0.05, 0) is 35.7 Å². The van der Waals surface area contributed by atoms with Gasteiger partial charge in [0.05, 0.1) is 12.6 Å². The molecule has 0 radical (unpaired) electrons. The molecule has 0 aliphatic heterocycles. The van der Waals surface area contributed by atoms with Crippen molar-refractivity contribution in [2.45, 2.75) is 19.5 Å². The van der Waals surface area contributed by atoms with Gasteiger partial charge in [-0.25, -0.2) is 9.59 Å². The lowest BCUT2D eigenvalue weighted by atomic mass is 9.98. The molecule has 3 aromatic carbocycles. The van der Waals surface area contributed by atoms with Crippen molar-refractivity contribution in [3.8, 4) is 0 Å². The summed E-state index contributed by atoms with van der Waals surface area (Å²) < 4.78 is 10.3. The van der Waals surface area contributed by atoms with Gasteiger partial charge in [0.25, 0.3) is 0 Å². The van der Waals surface area contributed by atoms with E-state index < -0.39 is 11.7 Å². The van der Waals surface area contributed by atoms with Gasteiger partial charge in [0, 0.05) is 29.8 Å². The van der Waals surface area contributed by atoms with Gasteiger partial charge in [-0.2, -0.15) is 0 Å². The molecule has 0 saturated heterocycles. The fourth-order valence-electron chi connectivity index (χ4n) is 3.67. The Kier molecular flexibility index (Phi) is 6.63. The van der Waals surface area contributed by atoms with E-state index in [9.17, 15) is 9.59 Å². The van der Waals surface area contributed by atoms with E-state index >= 15 is 0 Å². The van der Waals surface area contributed by atoms with Crippen LogP contribution < -0.4 is 16.3 Å². The summed E-state index contributed by atoms with van der Waals surface area (Å²) in [5.41, 5.74) is 3.53. The van der Waals surface area contributed by atoms with Gasteiger partial charge in [-0.1, -0.05) is 60.7 Å². The smallest absolute Gasteiger partial charge is 0.411 e. The first-order valence-corrected chi connectivity index (χ1v) is 10.5. The molecular formula is C26H24N2O4. The molecule has 6 nitrogen and oxygen atoms in total. The van der Waals surface area contributed by atoms with Crippen LogP contribution in [0, 0.1) is 0 Å². The zero-order valence-electron chi connectivity index (χ0n) is 17.7. The third-order valence-corrected chi connectivity index (χ3v) is 5.11. The molecule has 0 aliphatic carbocycles. The first-order chi connectivity index (χ1) is 15.6. The zero-order valence-corrected chi connectivity index (χ0v) is 17.7. The van der Waals surface area contributed by atoms with Crippen molar-refractivity contribution in [2.24, 2.45) is 0 Å². The maximum absolute atomic E-state index is 12.2. The second-order valence-corrected chi connectivity index (χ2v) is 7.28. The second kappa shape index (κ2) is 9.94. The molecule has 4 aromatic rings. The van der Waals surface area contributed by atoms with E-state index in [1.807, 2.05) is 42.5 Å². The molecule has 162 valence electrons. The number of fused-ring (bicyclic) bond motifs is 1. The van der Waals surface area contributed by atoms with Crippen LogP contribution in [-0.4, -0.2) is 12.7 Å². The lowest BCUT2D eigenvalue weighted by molar-refractivity contribution is 0.168. The average Bonchev–Trinajstić information content (AvgIpc) is 2.80. The number of carbonyl (C=O) groups excluding carboxylic acids is 1. The molecule has 0 bridgehead atoms. The first kappa shape index (κ1) is 21.3. The van der Waals surface area contributed by atoms with Gasteiger partial charge < -0.3 is 14.5 Å². The number of rotatable bonds is 7. The quantitative estimate of drug-likeness (QED) is 0.394. The Balaban J connectivity index is 1.62. The number of benzene rings is 3. The van der Waals surface area contributed by atoms with E-state index in [0.29, 0.717) is 17.8 Å². The topological polar surface area (TPSA) is 80.6 Å². The van der Waals surface area contributed by atoms with Gasteiger partial charge in [-0.3, -0.25) is 5.32 Å². The van der Waals surface area contributed by atoms with Crippen molar-refractivity contribution in [2.75, 3.05) is 11.9 Å². The van der Waals surface area contributed by atoms with E-state index in [1.165, 1.54) is 6.07 Å². The third-order valence-electron chi connectivity index (χ3n) is 5.11. The van der Waals surface area contributed by atoms with Gasteiger partial charge in [0.1, 0.15) is 5.58 Å². The zero-order chi connectivity index (χ0) is 22.3. The summed E-state index contributed by atoms with van der Waals surface area (Å²) in [6.07, 6.45) is -0.555. The monoisotopic (exact) mass is 428 g/mol. The summed E-state index contributed by atoms with van der Waals surface area (Å²) in [6.45, 7) is 2.46. The first-order valence-electron chi connectivity index (χ1n) is 10.5. The molecule has 0 aliphatic rings. The highest BCUT2D eigenvalue weighted by Gasteiger charge is 2.15. The Morgan fingerprint density at radius 1 is 0.938 bits per heavy atom. The van der Waals surface area contributed by atoms with Gasteiger partial charge in [-0.15, -0.1) is 0 Å². The molecular weight excluding hydrogens is 404 g/mol. The summed E-state index contributed by atoms with van der Waals surface area (Å²) in [4.78, 5) is 23.9. The normalized spacial score (nSPS) is 10.9. The van der Waals surface area contributed by atoms with Crippen LogP contribution in [0.25, 0.3) is 11.0 Å². The van der Waals surface area contributed by atoms with Crippen molar-refractivity contribution in [3.63, 3.8) is 0 Å². The molecule has 0 saturated carbocycles. The van der Waals surface area contributed by atoms with Gasteiger partial charge in [0.2, 0.25) is 0 Å². The Bertz CT molecular complexity index is 1210.